The lowest BCUT2D eigenvalue weighted by Crippen LogP contribution is -2.23. The van der Waals surface area contributed by atoms with Crippen molar-refractivity contribution >= 4 is 51.5 Å². The van der Waals surface area contributed by atoms with Crippen LogP contribution in [0.4, 0.5) is 0 Å². The predicted molar refractivity (Wildman–Crippen MR) is 109 cm³/mol. The molecule has 0 saturated carbocycles. The third-order valence-electron chi connectivity index (χ3n) is 3.98. The molecule has 4 rings (SSSR count). The van der Waals surface area contributed by atoms with Crippen LogP contribution in [-0.2, 0) is 4.74 Å². The number of fused-ring (bicyclic) bond motifs is 1. The monoisotopic (exact) mass is 431 g/mol. The quantitative estimate of drug-likeness (QED) is 0.464. The largest absolute Gasteiger partial charge is 0.465 e. The van der Waals surface area contributed by atoms with E-state index in [9.17, 15) is 9.59 Å². The van der Waals surface area contributed by atoms with E-state index in [0.29, 0.717) is 36.5 Å². The molecule has 0 aliphatic rings. The van der Waals surface area contributed by atoms with E-state index in [1.807, 2.05) is 0 Å². The molecule has 0 N–H and O–H groups in total. The van der Waals surface area contributed by atoms with E-state index in [1.54, 1.807) is 48.5 Å². The highest BCUT2D eigenvalue weighted by molar-refractivity contribution is 7.15. The van der Waals surface area contributed by atoms with Gasteiger partial charge in [-0.25, -0.2) is 4.79 Å². The molecule has 0 aliphatic heterocycles. The summed E-state index contributed by atoms with van der Waals surface area (Å²) in [5, 5.41) is 5.20. The molecule has 6 nitrogen and oxygen atoms in total. The second-order valence-electron chi connectivity index (χ2n) is 5.78. The van der Waals surface area contributed by atoms with Crippen LogP contribution in [0.3, 0.4) is 0 Å². The highest BCUT2D eigenvalue weighted by Crippen LogP contribution is 2.28. The first-order chi connectivity index (χ1) is 13.5. The van der Waals surface area contributed by atoms with E-state index in [2.05, 4.69) is 14.8 Å². The third kappa shape index (κ3) is 3.40. The number of thiazole rings is 1. The molecule has 0 aliphatic carbocycles. The molecule has 28 heavy (non-hydrogen) atoms. The first kappa shape index (κ1) is 18.6. The number of carbonyl (C=O) groups is 1. The number of carbonyl (C=O) groups excluding carboxylic acids is 1. The Morgan fingerprint density at radius 1 is 1.18 bits per heavy atom. The van der Waals surface area contributed by atoms with Crippen molar-refractivity contribution in [3.63, 3.8) is 0 Å². The smallest absolute Gasteiger partial charge is 0.337 e. The van der Waals surface area contributed by atoms with Gasteiger partial charge < -0.3 is 4.74 Å². The van der Waals surface area contributed by atoms with E-state index in [1.165, 1.54) is 23.0 Å². The third-order valence-corrected chi connectivity index (χ3v) is 5.49. The fraction of sp³-hybridized carbons (Fsp3) is 0.0526. The Balaban J connectivity index is 1.73. The molecule has 0 amide bonds. The summed E-state index contributed by atoms with van der Waals surface area (Å²) in [6.45, 7) is 0. The minimum Gasteiger partial charge on any atom is -0.465 e. The topological polar surface area (TPSA) is 73.6 Å². The SMILES string of the molecule is COC(=O)c1ccc(C=c2sc3nc(-c4ccc(Cl)cc4Cl)nn3c2=O)cc1. The van der Waals surface area contributed by atoms with Gasteiger partial charge in [0, 0.05) is 10.6 Å². The summed E-state index contributed by atoms with van der Waals surface area (Å²) in [6, 6.07) is 11.8. The molecular formula is C19H11Cl2N3O3S. The normalized spacial score (nSPS) is 11.9. The van der Waals surface area contributed by atoms with Crippen LogP contribution >= 0.6 is 34.5 Å². The maximum atomic E-state index is 12.6. The van der Waals surface area contributed by atoms with Crippen LogP contribution in [0.5, 0.6) is 0 Å². The number of rotatable bonds is 3. The second kappa shape index (κ2) is 7.35. The average molecular weight is 432 g/mol. The number of methoxy groups -OCH3 is 1. The summed E-state index contributed by atoms with van der Waals surface area (Å²) in [5.74, 6) is -0.0535. The number of ether oxygens (including phenoxy) is 1. The van der Waals surface area contributed by atoms with Crippen molar-refractivity contribution in [1.82, 2.24) is 14.6 Å². The number of nitrogens with zero attached hydrogens (tertiary/aromatic N) is 3. The van der Waals surface area contributed by atoms with Gasteiger partial charge in [-0.3, -0.25) is 4.79 Å². The van der Waals surface area contributed by atoms with Crippen molar-refractivity contribution in [2.75, 3.05) is 7.11 Å². The Bertz CT molecular complexity index is 1310. The lowest BCUT2D eigenvalue weighted by atomic mass is 10.1. The Morgan fingerprint density at radius 2 is 1.93 bits per heavy atom. The zero-order valence-corrected chi connectivity index (χ0v) is 16.7. The van der Waals surface area contributed by atoms with Gasteiger partial charge in [0.15, 0.2) is 5.82 Å². The number of halogens is 2. The van der Waals surface area contributed by atoms with Gasteiger partial charge in [-0.2, -0.15) is 9.50 Å². The maximum Gasteiger partial charge on any atom is 0.337 e. The van der Waals surface area contributed by atoms with Crippen molar-refractivity contribution < 1.29 is 9.53 Å². The summed E-state index contributed by atoms with van der Waals surface area (Å²) in [5.41, 5.74) is 1.54. The molecule has 2 aromatic carbocycles. The van der Waals surface area contributed by atoms with Crippen LogP contribution in [0.1, 0.15) is 15.9 Å². The zero-order chi connectivity index (χ0) is 19.8. The van der Waals surface area contributed by atoms with Crippen LogP contribution in [0.15, 0.2) is 47.3 Å². The summed E-state index contributed by atoms with van der Waals surface area (Å²) in [6.07, 6.45) is 1.72. The molecule has 2 aromatic heterocycles. The van der Waals surface area contributed by atoms with Gasteiger partial charge in [-0.05, 0) is 42.0 Å². The molecule has 0 fully saturated rings. The van der Waals surface area contributed by atoms with Crippen LogP contribution in [-0.4, -0.2) is 27.7 Å². The van der Waals surface area contributed by atoms with E-state index < -0.39 is 5.97 Å². The van der Waals surface area contributed by atoms with Crippen LogP contribution < -0.4 is 10.1 Å². The number of esters is 1. The fourth-order valence-electron chi connectivity index (χ4n) is 2.60. The summed E-state index contributed by atoms with van der Waals surface area (Å²) < 4.78 is 6.40. The molecule has 2 heterocycles. The van der Waals surface area contributed by atoms with Crippen molar-refractivity contribution in [2.45, 2.75) is 0 Å². The van der Waals surface area contributed by atoms with Crippen molar-refractivity contribution in [3.8, 4) is 11.4 Å². The number of aromatic nitrogens is 3. The molecule has 0 spiro atoms. The molecular weight excluding hydrogens is 421 g/mol. The first-order valence-corrected chi connectivity index (χ1v) is 9.58. The average Bonchev–Trinajstić information content (AvgIpc) is 3.21. The molecule has 0 unspecified atom stereocenters. The van der Waals surface area contributed by atoms with E-state index >= 15 is 0 Å². The summed E-state index contributed by atoms with van der Waals surface area (Å²) in [7, 11) is 1.33. The van der Waals surface area contributed by atoms with Gasteiger partial charge in [0.25, 0.3) is 5.56 Å². The second-order valence-corrected chi connectivity index (χ2v) is 7.64. The van der Waals surface area contributed by atoms with Gasteiger partial charge in [-0.1, -0.05) is 46.7 Å². The van der Waals surface area contributed by atoms with Crippen LogP contribution in [0.25, 0.3) is 22.4 Å². The minimum absolute atomic E-state index is 0.277. The first-order valence-electron chi connectivity index (χ1n) is 8.01. The lowest BCUT2D eigenvalue weighted by Gasteiger charge is -1.99. The number of hydrogen-bond acceptors (Lipinski definition) is 6. The Kier molecular flexibility index (Phi) is 4.89. The minimum atomic E-state index is -0.414. The van der Waals surface area contributed by atoms with Gasteiger partial charge in [0.2, 0.25) is 4.96 Å². The Morgan fingerprint density at radius 3 is 2.57 bits per heavy atom. The molecule has 0 bridgehead atoms. The predicted octanol–water partition coefficient (Wildman–Crippen LogP) is 3.46. The van der Waals surface area contributed by atoms with E-state index in [4.69, 9.17) is 23.2 Å². The van der Waals surface area contributed by atoms with Gasteiger partial charge in [0.05, 0.1) is 22.2 Å². The molecule has 0 radical (unpaired) electrons. The van der Waals surface area contributed by atoms with E-state index in [-0.39, 0.29) is 5.56 Å². The Labute approximate surface area is 172 Å². The molecule has 9 heteroatoms. The van der Waals surface area contributed by atoms with Gasteiger partial charge in [0.1, 0.15) is 0 Å². The fourth-order valence-corrected chi connectivity index (χ4v) is 4.00. The Hall–Kier alpha value is -2.74. The highest BCUT2D eigenvalue weighted by Gasteiger charge is 2.14. The zero-order valence-electron chi connectivity index (χ0n) is 14.3. The highest BCUT2D eigenvalue weighted by atomic mass is 35.5. The summed E-state index contributed by atoms with van der Waals surface area (Å²) in [4.78, 5) is 29.0. The molecule has 0 saturated heterocycles. The van der Waals surface area contributed by atoms with Crippen molar-refractivity contribution in [3.05, 3.63) is 78.5 Å². The van der Waals surface area contributed by atoms with Gasteiger partial charge >= 0.3 is 5.97 Å². The number of hydrogen-bond donors (Lipinski definition) is 0. The summed E-state index contributed by atoms with van der Waals surface area (Å²) >= 11 is 13.3. The van der Waals surface area contributed by atoms with Crippen LogP contribution in [0, 0.1) is 0 Å². The molecule has 4 aromatic rings. The van der Waals surface area contributed by atoms with Gasteiger partial charge in [-0.15, -0.1) is 5.10 Å². The maximum absolute atomic E-state index is 12.6. The van der Waals surface area contributed by atoms with E-state index in [0.717, 1.165) is 5.56 Å². The van der Waals surface area contributed by atoms with Crippen molar-refractivity contribution in [2.24, 2.45) is 0 Å². The lowest BCUT2D eigenvalue weighted by molar-refractivity contribution is 0.0600. The standard InChI is InChI=1S/C19H11Cl2N3O3S/c1-27-18(26)11-4-2-10(3-5-11)8-15-17(25)24-19(28-15)22-16(23-24)13-7-6-12(20)9-14(13)21/h2-9H,1H3. The molecule has 0 atom stereocenters. The van der Waals surface area contributed by atoms with Crippen LogP contribution in [0.2, 0.25) is 10.0 Å². The van der Waals surface area contributed by atoms with Crippen molar-refractivity contribution in [1.29, 1.82) is 0 Å². The molecule has 140 valence electrons. The number of benzene rings is 2.